The van der Waals surface area contributed by atoms with Crippen molar-refractivity contribution >= 4 is 11.6 Å². The molecular formula is C26H23N3O3. The van der Waals surface area contributed by atoms with E-state index in [1.165, 1.54) is 0 Å². The molecule has 2 aromatic carbocycles. The molecule has 1 spiro atoms. The van der Waals surface area contributed by atoms with E-state index in [1.54, 1.807) is 37.6 Å². The number of anilines is 1. The van der Waals surface area contributed by atoms with Crippen molar-refractivity contribution in [2.24, 2.45) is 0 Å². The summed E-state index contributed by atoms with van der Waals surface area (Å²) in [5.74, 6) is 0.566. The van der Waals surface area contributed by atoms with Gasteiger partial charge in [-0.1, -0.05) is 18.2 Å². The number of nitriles is 1. The number of hydrogen-bond donors (Lipinski definition) is 0. The van der Waals surface area contributed by atoms with Crippen molar-refractivity contribution in [2.45, 2.75) is 18.3 Å². The van der Waals surface area contributed by atoms with Crippen LogP contribution in [0.1, 0.15) is 34.3 Å². The van der Waals surface area contributed by atoms with Crippen LogP contribution in [0, 0.1) is 11.3 Å². The van der Waals surface area contributed by atoms with Crippen molar-refractivity contribution in [1.29, 1.82) is 5.26 Å². The minimum absolute atomic E-state index is 0.137. The van der Waals surface area contributed by atoms with Crippen molar-refractivity contribution in [3.8, 4) is 22.9 Å². The van der Waals surface area contributed by atoms with Gasteiger partial charge in [-0.05, 0) is 54.3 Å². The lowest BCUT2D eigenvalue weighted by Gasteiger charge is -2.34. The van der Waals surface area contributed by atoms with Gasteiger partial charge < -0.3 is 14.4 Å². The molecule has 1 amide bonds. The molecule has 0 saturated carbocycles. The maximum atomic E-state index is 13.6. The van der Waals surface area contributed by atoms with Gasteiger partial charge >= 0.3 is 0 Å². The SMILES string of the molecule is COc1cncc(-c2ccc3c(c2)C2(CCOCC2)CN3C(=O)c2ccccc2C#N)c1. The second kappa shape index (κ2) is 8.10. The van der Waals surface area contributed by atoms with Crippen molar-refractivity contribution in [1.82, 2.24) is 4.98 Å². The second-order valence-corrected chi connectivity index (χ2v) is 8.29. The number of nitrogens with zero attached hydrogens (tertiary/aromatic N) is 3. The highest BCUT2D eigenvalue weighted by Crippen LogP contribution is 2.48. The molecule has 5 rings (SSSR count). The van der Waals surface area contributed by atoms with Crippen LogP contribution in [0.25, 0.3) is 11.1 Å². The average molecular weight is 425 g/mol. The predicted octanol–water partition coefficient (Wildman–Crippen LogP) is 4.34. The van der Waals surface area contributed by atoms with Crippen LogP contribution >= 0.6 is 0 Å². The minimum Gasteiger partial charge on any atom is -0.495 e. The Bertz CT molecular complexity index is 1220. The third-order valence-corrected chi connectivity index (χ3v) is 6.57. The molecule has 1 fully saturated rings. The Morgan fingerprint density at radius 2 is 1.94 bits per heavy atom. The van der Waals surface area contributed by atoms with Gasteiger partial charge in [-0.25, -0.2) is 0 Å². The monoisotopic (exact) mass is 425 g/mol. The van der Waals surface area contributed by atoms with E-state index in [4.69, 9.17) is 9.47 Å². The Labute approximate surface area is 187 Å². The summed E-state index contributed by atoms with van der Waals surface area (Å²) >= 11 is 0. The van der Waals surface area contributed by atoms with Crippen LogP contribution in [0.2, 0.25) is 0 Å². The zero-order valence-corrected chi connectivity index (χ0v) is 17.9. The Balaban J connectivity index is 1.61. The smallest absolute Gasteiger partial charge is 0.259 e. The molecule has 2 aliphatic rings. The summed E-state index contributed by atoms with van der Waals surface area (Å²) in [6.07, 6.45) is 5.21. The van der Waals surface area contributed by atoms with Gasteiger partial charge in [-0.2, -0.15) is 5.26 Å². The summed E-state index contributed by atoms with van der Waals surface area (Å²) in [6.45, 7) is 1.92. The van der Waals surface area contributed by atoms with Crippen molar-refractivity contribution in [2.75, 3.05) is 31.8 Å². The van der Waals surface area contributed by atoms with E-state index in [2.05, 4.69) is 17.1 Å². The molecule has 2 aliphatic heterocycles. The Kier molecular flexibility index (Phi) is 5.12. The molecule has 1 aromatic heterocycles. The number of amides is 1. The number of methoxy groups -OCH3 is 1. The highest BCUT2D eigenvalue weighted by Gasteiger charge is 2.46. The first-order chi connectivity index (χ1) is 15.6. The number of hydrogen-bond acceptors (Lipinski definition) is 5. The summed E-state index contributed by atoms with van der Waals surface area (Å²) in [5, 5.41) is 9.50. The predicted molar refractivity (Wildman–Crippen MR) is 121 cm³/mol. The first-order valence-electron chi connectivity index (χ1n) is 10.7. The van der Waals surface area contributed by atoms with Crippen LogP contribution in [-0.2, 0) is 10.2 Å². The van der Waals surface area contributed by atoms with Gasteiger partial charge in [0.05, 0.1) is 30.5 Å². The standard InChI is InChI=1S/C26H23N3O3/c1-31-21-12-20(15-28-16-21)18-6-7-24-23(13-18)26(8-10-32-11-9-26)17-29(24)25(30)22-5-3-2-4-19(22)14-27/h2-7,12-13,15-16H,8-11,17H2,1H3. The van der Waals surface area contributed by atoms with Gasteiger partial charge in [0.15, 0.2) is 0 Å². The van der Waals surface area contributed by atoms with Crippen LogP contribution in [0.3, 0.4) is 0 Å². The molecule has 0 aliphatic carbocycles. The summed E-state index contributed by atoms with van der Waals surface area (Å²) in [5.41, 5.74) is 4.74. The summed E-state index contributed by atoms with van der Waals surface area (Å²) in [6, 6.07) is 17.3. The van der Waals surface area contributed by atoms with Crippen LogP contribution in [0.4, 0.5) is 5.69 Å². The van der Waals surface area contributed by atoms with Crippen LogP contribution in [0.5, 0.6) is 5.75 Å². The summed E-state index contributed by atoms with van der Waals surface area (Å²) < 4.78 is 11.0. The molecule has 0 N–H and O–H groups in total. The molecule has 0 radical (unpaired) electrons. The third-order valence-electron chi connectivity index (χ3n) is 6.57. The normalized spacial score (nSPS) is 16.4. The zero-order chi connectivity index (χ0) is 22.1. The maximum Gasteiger partial charge on any atom is 0.259 e. The molecular weight excluding hydrogens is 402 g/mol. The van der Waals surface area contributed by atoms with Crippen LogP contribution < -0.4 is 9.64 Å². The van der Waals surface area contributed by atoms with Crippen LogP contribution in [0.15, 0.2) is 60.9 Å². The van der Waals surface area contributed by atoms with Gasteiger partial charge in [-0.15, -0.1) is 0 Å². The number of benzene rings is 2. The average Bonchev–Trinajstić information content (AvgIpc) is 3.17. The van der Waals surface area contributed by atoms with Crippen LogP contribution in [-0.4, -0.2) is 37.8 Å². The zero-order valence-electron chi connectivity index (χ0n) is 17.9. The lowest BCUT2D eigenvalue weighted by molar-refractivity contribution is 0.0547. The second-order valence-electron chi connectivity index (χ2n) is 8.29. The lowest BCUT2D eigenvalue weighted by Crippen LogP contribution is -2.40. The molecule has 3 heterocycles. The Hall–Kier alpha value is -3.69. The van der Waals surface area contributed by atoms with E-state index < -0.39 is 0 Å². The third kappa shape index (κ3) is 3.31. The number of carbonyl (C=O) groups excluding carboxylic acids is 1. The van der Waals surface area contributed by atoms with Gasteiger partial charge in [0.2, 0.25) is 0 Å². The number of fused-ring (bicyclic) bond motifs is 2. The molecule has 0 unspecified atom stereocenters. The highest BCUT2D eigenvalue weighted by molar-refractivity contribution is 6.09. The van der Waals surface area contributed by atoms with Crippen molar-refractivity contribution < 1.29 is 14.3 Å². The van der Waals surface area contributed by atoms with E-state index in [1.807, 2.05) is 29.3 Å². The van der Waals surface area contributed by atoms with E-state index in [9.17, 15) is 10.1 Å². The highest BCUT2D eigenvalue weighted by atomic mass is 16.5. The largest absolute Gasteiger partial charge is 0.495 e. The number of aromatic nitrogens is 1. The van der Waals surface area contributed by atoms with E-state index in [-0.39, 0.29) is 11.3 Å². The number of rotatable bonds is 3. The molecule has 6 heteroatoms. The van der Waals surface area contributed by atoms with Gasteiger partial charge in [0.1, 0.15) is 5.75 Å². The molecule has 6 nitrogen and oxygen atoms in total. The molecule has 3 aromatic rings. The van der Waals surface area contributed by atoms with E-state index in [0.717, 1.165) is 35.2 Å². The fourth-order valence-electron chi connectivity index (χ4n) is 4.82. The first kappa shape index (κ1) is 20.2. The maximum absolute atomic E-state index is 13.6. The number of pyridine rings is 1. The lowest BCUT2D eigenvalue weighted by atomic mass is 9.75. The summed E-state index contributed by atoms with van der Waals surface area (Å²) in [7, 11) is 1.63. The molecule has 0 atom stereocenters. The van der Waals surface area contributed by atoms with Gasteiger partial charge in [0, 0.05) is 42.6 Å². The van der Waals surface area contributed by atoms with E-state index in [0.29, 0.717) is 36.6 Å². The number of carbonyl (C=O) groups is 1. The fourth-order valence-corrected chi connectivity index (χ4v) is 4.82. The molecule has 32 heavy (non-hydrogen) atoms. The topological polar surface area (TPSA) is 75.5 Å². The Morgan fingerprint density at radius 3 is 2.72 bits per heavy atom. The van der Waals surface area contributed by atoms with Gasteiger partial charge in [0.25, 0.3) is 5.91 Å². The molecule has 160 valence electrons. The van der Waals surface area contributed by atoms with E-state index >= 15 is 0 Å². The minimum atomic E-state index is -0.160. The first-order valence-corrected chi connectivity index (χ1v) is 10.7. The number of ether oxygens (including phenoxy) is 2. The van der Waals surface area contributed by atoms with Gasteiger partial charge in [-0.3, -0.25) is 9.78 Å². The molecule has 0 bridgehead atoms. The van der Waals surface area contributed by atoms with Crippen molar-refractivity contribution in [3.63, 3.8) is 0 Å². The Morgan fingerprint density at radius 1 is 1.12 bits per heavy atom. The van der Waals surface area contributed by atoms with Crippen molar-refractivity contribution in [3.05, 3.63) is 77.6 Å². The molecule has 1 saturated heterocycles. The fraction of sp³-hybridized carbons (Fsp3) is 0.269. The quantitative estimate of drug-likeness (QED) is 0.624. The summed E-state index contributed by atoms with van der Waals surface area (Å²) in [4.78, 5) is 19.7.